The zero-order chi connectivity index (χ0) is 12.8. The molecule has 0 aliphatic heterocycles. The summed E-state index contributed by atoms with van der Waals surface area (Å²) in [6.45, 7) is 3.19. The Morgan fingerprint density at radius 1 is 1.22 bits per heavy atom. The molecule has 18 heavy (non-hydrogen) atoms. The lowest BCUT2D eigenvalue weighted by Crippen LogP contribution is -2.07. The van der Waals surface area contributed by atoms with Gasteiger partial charge in [-0.3, -0.25) is 4.98 Å². The van der Waals surface area contributed by atoms with Crippen molar-refractivity contribution in [2.45, 2.75) is 19.9 Å². The number of hydrogen-bond donors (Lipinski definition) is 1. The minimum absolute atomic E-state index is 0.504. The highest BCUT2D eigenvalue weighted by Crippen LogP contribution is 2.23. The molecule has 0 amide bonds. The van der Waals surface area contributed by atoms with E-state index in [1.807, 2.05) is 37.4 Å². The van der Waals surface area contributed by atoms with Crippen molar-refractivity contribution in [3.8, 4) is 5.75 Å². The van der Waals surface area contributed by atoms with Crippen molar-refractivity contribution >= 4 is 0 Å². The molecule has 0 saturated carbocycles. The standard InChI is InChI=1S/C15H18N2O/c1-12-4-2-6-14(10-16)15(12)18-9-7-13-5-3-8-17-11-13/h2-6,8,11H,7,9-10,16H2,1H3. The lowest BCUT2D eigenvalue weighted by Gasteiger charge is -2.13. The van der Waals surface area contributed by atoms with Crippen LogP contribution in [0.2, 0.25) is 0 Å². The summed E-state index contributed by atoms with van der Waals surface area (Å²) in [4.78, 5) is 4.09. The van der Waals surface area contributed by atoms with Crippen LogP contribution in [-0.4, -0.2) is 11.6 Å². The molecule has 0 spiro atoms. The minimum Gasteiger partial charge on any atom is -0.493 e. The Labute approximate surface area is 108 Å². The molecule has 94 valence electrons. The van der Waals surface area contributed by atoms with E-state index in [9.17, 15) is 0 Å². The van der Waals surface area contributed by atoms with Crippen LogP contribution in [0.3, 0.4) is 0 Å². The molecule has 0 unspecified atom stereocenters. The highest BCUT2D eigenvalue weighted by Gasteiger charge is 2.05. The van der Waals surface area contributed by atoms with E-state index in [4.69, 9.17) is 10.5 Å². The normalized spacial score (nSPS) is 10.3. The molecule has 0 radical (unpaired) electrons. The average molecular weight is 242 g/mol. The molecule has 0 saturated heterocycles. The summed E-state index contributed by atoms with van der Waals surface area (Å²) < 4.78 is 5.85. The third-order valence-electron chi connectivity index (χ3n) is 2.87. The molecule has 3 nitrogen and oxygen atoms in total. The monoisotopic (exact) mass is 242 g/mol. The second-order valence-electron chi connectivity index (χ2n) is 4.23. The van der Waals surface area contributed by atoms with Gasteiger partial charge >= 0.3 is 0 Å². The number of aryl methyl sites for hydroxylation is 1. The van der Waals surface area contributed by atoms with Gasteiger partial charge in [0.05, 0.1) is 6.61 Å². The van der Waals surface area contributed by atoms with Crippen molar-refractivity contribution < 1.29 is 4.74 Å². The van der Waals surface area contributed by atoms with E-state index < -0.39 is 0 Å². The number of benzene rings is 1. The van der Waals surface area contributed by atoms with Gasteiger partial charge in [0.15, 0.2) is 0 Å². The summed E-state index contributed by atoms with van der Waals surface area (Å²) in [6, 6.07) is 10.0. The maximum Gasteiger partial charge on any atom is 0.126 e. The van der Waals surface area contributed by atoms with Crippen LogP contribution in [0.4, 0.5) is 0 Å². The van der Waals surface area contributed by atoms with E-state index >= 15 is 0 Å². The van der Waals surface area contributed by atoms with E-state index in [1.54, 1.807) is 6.20 Å². The number of nitrogens with zero attached hydrogens (tertiary/aromatic N) is 1. The maximum atomic E-state index is 5.85. The predicted molar refractivity (Wildman–Crippen MR) is 72.5 cm³/mol. The Bertz CT molecular complexity index is 497. The number of para-hydroxylation sites is 1. The van der Waals surface area contributed by atoms with Crippen molar-refractivity contribution in [3.05, 3.63) is 59.4 Å². The van der Waals surface area contributed by atoms with Crippen molar-refractivity contribution in [1.29, 1.82) is 0 Å². The zero-order valence-corrected chi connectivity index (χ0v) is 10.6. The van der Waals surface area contributed by atoms with Gasteiger partial charge in [-0.05, 0) is 24.1 Å². The molecule has 0 aliphatic rings. The molecule has 2 rings (SSSR count). The Morgan fingerprint density at radius 3 is 2.83 bits per heavy atom. The van der Waals surface area contributed by atoms with Crippen molar-refractivity contribution in [2.24, 2.45) is 5.73 Å². The minimum atomic E-state index is 0.504. The van der Waals surface area contributed by atoms with E-state index in [0.717, 1.165) is 23.3 Å². The van der Waals surface area contributed by atoms with Gasteiger partial charge < -0.3 is 10.5 Å². The van der Waals surface area contributed by atoms with Crippen molar-refractivity contribution in [3.63, 3.8) is 0 Å². The van der Waals surface area contributed by atoms with Gasteiger partial charge in [-0.2, -0.15) is 0 Å². The van der Waals surface area contributed by atoms with Crippen LogP contribution >= 0.6 is 0 Å². The summed E-state index contributed by atoms with van der Waals surface area (Å²) in [7, 11) is 0. The van der Waals surface area contributed by atoms with Crippen LogP contribution in [0.25, 0.3) is 0 Å². The first kappa shape index (κ1) is 12.6. The fourth-order valence-corrected chi connectivity index (χ4v) is 1.90. The van der Waals surface area contributed by atoms with E-state index in [0.29, 0.717) is 13.2 Å². The fourth-order valence-electron chi connectivity index (χ4n) is 1.90. The predicted octanol–water partition coefficient (Wildman–Crippen LogP) is 2.47. The van der Waals surface area contributed by atoms with Gasteiger partial charge in [0.25, 0.3) is 0 Å². The number of ether oxygens (including phenoxy) is 1. The SMILES string of the molecule is Cc1cccc(CN)c1OCCc1cccnc1. The second-order valence-corrected chi connectivity index (χ2v) is 4.23. The van der Waals surface area contributed by atoms with Crippen LogP contribution in [0, 0.1) is 6.92 Å². The summed E-state index contributed by atoms with van der Waals surface area (Å²) >= 11 is 0. The Morgan fingerprint density at radius 2 is 2.11 bits per heavy atom. The van der Waals surface area contributed by atoms with Gasteiger partial charge in [-0.25, -0.2) is 0 Å². The Hall–Kier alpha value is -1.87. The van der Waals surface area contributed by atoms with Crippen LogP contribution < -0.4 is 10.5 Å². The molecule has 3 heteroatoms. The lowest BCUT2D eigenvalue weighted by molar-refractivity contribution is 0.316. The highest BCUT2D eigenvalue weighted by atomic mass is 16.5. The van der Waals surface area contributed by atoms with Crippen LogP contribution in [-0.2, 0) is 13.0 Å². The fraction of sp³-hybridized carbons (Fsp3) is 0.267. The summed E-state index contributed by atoms with van der Waals surface area (Å²) in [5, 5.41) is 0. The second kappa shape index (κ2) is 6.17. The molecule has 1 aromatic carbocycles. The largest absolute Gasteiger partial charge is 0.493 e. The summed E-state index contributed by atoms with van der Waals surface area (Å²) in [6.07, 6.45) is 4.50. The number of rotatable bonds is 5. The van der Waals surface area contributed by atoms with Gasteiger partial charge in [0.1, 0.15) is 5.75 Å². The molecule has 0 atom stereocenters. The molecule has 0 bridgehead atoms. The zero-order valence-electron chi connectivity index (χ0n) is 10.6. The molecule has 1 heterocycles. The number of aromatic nitrogens is 1. The maximum absolute atomic E-state index is 5.85. The Balaban J connectivity index is 1.98. The van der Waals surface area contributed by atoms with E-state index in [2.05, 4.69) is 11.1 Å². The summed E-state index contributed by atoms with van der Waals surface area (Å²) in [5.74, 6) is 0.920. The van der Waals surface area contributed by atoms with Gasteiger partial charge in [-0.15, -0.1) is 0 Å². The quantitative estimate of drug-likeness (QED) is 0.876. The highest BCUT2D eigenvalue weighted by molar-refractivity contribution is 5.40. The molecule has 0 fully saturated rings. The Kier molecular flexibility index (Phi) is 4.31. The van der Waals surface area contributed by atoms with E-state index in [-0.39, 0.29) is 0 Å². The van der Waals surface area contributed by atoms with Crippen LogP contribution in [0.1, 0.15) is 16.7 Å². The first-order chi connectivity index (χ1) is 8.81. The third kappa shape index (κ3) is 3.08. The molecular weight excluding hydrogens is 224 g/mol. The molecule has 0 aliphatic carbocycles. The molecule has 2 N–H and O–H groups in total. The van der Waals surface area contributed by atoms with Crippen LogP contribution in [0.5, 0.6) is 5.75 Å². The molecular formula is C15H18N2O. The first-order valence-electron chi connectivity index (χ1n) is 6.11. The van der Waals surface area contributed by atoms with Crippen molar-refractivity contribution in [1.82, 2.24) is 4.98 Å². The van der Waals surface area contributed by atoms with Crippen molar-refractivity contribution in [2.75, 3.05) is 6.61 Å². The van der Waals surface area contributed by atoms with Crippen LogP contribution in [0.15, 0.2) is 42.7 Å². The van der Waals surface area contributed by atoms with E-state index in [1.165, 1.54) is 5.56 Å². The topological polar surface area (TPSA) is 48.1 Å². The lowest BCUT2D eigenvalue weighted by atomic mass is 10.1. The van der Waals surface area contributed by atoms with Gasteiger partial charge in [-0.1, -0.05) is 24.3 Å². The number of nitrogens with two attached hydrogens (primary N) is 1. The smallest absolute Gasteiger partial charge is 0.126 e. The van der Waals surface area contributed by atoms with Gasteiger partial charge in [0.2, 0.25) is 0 Å². The first-order valence-corrected chi connectivity index (χ1v) is 6.11. The third-order valence-corrected chi connectivity index (χ3v) is 2.87. The summed E-state index contributed by atoms with van der Waals surface area (Å²) in [5.41, 5.74) is 9.08. The molecule has 2 aromatic rings. The number of hydrogen-bond acceptors (Lipinski definition) is 3. The molecule has 1 aromatic heterocycles. The van der Waals surface area contributed by atoms with Gasteiger partial charge in [0, 0.05) is 30.9 Å². The number of pyridine rings is 1. The average Bonchev–Trinajstić information content (AvgIpc) is 2.41.